The molecule has 0 bridgehead atoms. The van der Waals surface area contributed by atoms with E-state index in [1.165, 1.54) is 24.0 Å². The van der Waals surface area contributed by atoms with E-state index in [0.29, 0.717) is 11.5 Å². The molecule has 0 unspecified atom stereocenters. The lowest BCUT2D eigenvalue weighted by Gasteiger charge is -2.23. The molecule has 2 rings (SSSR count). The van der Waals surface area contributed by atoms with Crippen molar-refractivity contribution in [2.45, 2.75) is 32.6 Å². The summed E-state index contributed by atoms with van der Waals surface area (Å²) in [6, 6.07) is 9.31. The Morgan fingerprint density at radius 2 is 1.86 bits per heavy atom. The lowest BCUT2D eigenvalue weighted by atomic mass is 9.82. The number of pyridine rings is 1. The number of aromatic nitrogens is 1. The van der Waals surface area contributed by atoms with E-state index in [2.05, 4.69) is 25.8 Å². The van der Waals surface area contributed by atoms with E-state index in [4.69, 9.17) is 9.84 Å². The van der Waals surface area contributed by atoms with Gasteiger partial charge in [0.05, 0.1) is 11.8 Å². The first kappa shape index (κ1) is 15.0. The van der Waals surface area contributed by atoms with Crippen LogP contribution in [0, 0.1) is 0 Å². The number of carboxylic acids is 1. The molecule has 2 aromatic rings. The number of hydrogen-bond acceptors (Lipinski definition) is 3. The van der Waals surface area contributed by atoms with Crippen LogP contribution < -0.4 is 4.74 Å². The van der Waals surface area contributed by atoms with Crippen LogP contribution in [-0.2, 0) is 5.41 Å². The number of rotatable bonds is 5. The van der Waals surface area contributed by atoms with Gasteiger partial charge in [-0.1, -0.05) is 32.9 Å². The van der Waals surface area contributed by atoms with E-state index in [1.54, 1.807) is 0 Å². The number of carbonyl (C=O) groups is 1. The van der Waals surface area contributed by atoms with Crippen LogP contribution in [0.15, 0.2) is 42.7 Å². The Morgan fingerprint density at radius 1 is 1.19 bits per heavy atom. The summed E-state index contributed by atoms with van der Waals surface area (Å²) >= 11 is 0. The Bertz CT molecular complexity index is 633. The second-order valence-corrected chi connectivity index (χ2v) is 5.58. The van der Waals surface area contributed by atoms with Crippen molar-refractivity contribution in [1.82, 2.24) is 4.98 Å². The van der Waals surface area contributed by atoms with Gasteiger partial charge < -0.3 is 9.84 Å². The Kier molecular flexibility index (Phi) is 4.26. The largest absolute Gasteiger partial charge is 0.478 e. The van der Waals surface area contributed by atoms with Gasteiger partial charge in [0, 0.05) is 6.20 Å². The van der Waals surface area contributed by atoms with Crippen LogP contribution in [0.3, 0.4) is 0 Å². The predicted octanol–water partition coefficient (Wildman–Crippen LogP) is 4.26. The van der Waals surface area contributed by atoms with Gasteiger partial charge in [0.25, 0.3) is 0 Å². The SMILES string of the molecule is CCC(C)(C)c1ccc(Oc2cncc(C(=O)O)c2)cc1. The Balaban J connectivity index is 2.17. The van der Waals surface area contributed by atoms with Crippen LogP contribution >= 0.6 is 0 Å². The minimum atomic E-state index is -1.02. The third-order valence-electron chi connectivity index (χ3n) is 3.72. The summed E-state index contributed by atoms with van der Waals surface area (Å²) < 4.78 is 5.64. The number of ether oxygens (including phenoxy) is 1. The van der Waals surface area contributed by atoms with Crippen molar-refractivity contribution in [3.63, 3.8) is 0 Å². The molecule has 0 saturated carbocycles. The first-order valence-corrected chi connectivity index (χ1v) is 6.89. The minimum Gasteiger partial charge on any atom is -0.478 e. The van der Waals surface area contributed by atoms with Gasteiger partial charge in [-0.25, -0.2) is 4.79 Å². The van der Waals surface area contributed by atoms with Crippen molar-refractivity contribution >= 4 is 5.97 Å². The highest BCUT2D eigenvalue weighted by molar-refractivity contribution is 5.87. The first-order chi connectivity index (χ1) is 9.92. The fourth-order valence-electron chi connectivity index (χ4n) is 1.91. The number of benzene rings is 1. The zero-order chi connectivity index (χ0) is 15.5. The molecule has 0 radical (unpaired) electrons. The first-order valence-electron chi connectivity index (χ1n) is 6.89. The quantitative estimate of drug-likeness (QED) is 0.891. The smallest absolute Gasteiger partial charge is 0.337 e. The van der Waals surface area contributed by atoms with Crippen molar-refractivity contribution in [3.8, 4) is 11.5 Å². The van der Waals surface area contributed by atoms with E-state index in [-0.39, 0.29) is 11.0 Å². The minimum absolute atomic E-state index is 0.108. The molecular weight excluding hydrogens is 266 g/mol. The van der Waals surface area contributed by atoms with Gasteiger partial charge in [-0.2, -0.15) is 0 Å². The van der Waals surface area contributed by atoms with Gasteiger partial charge in [0.1, 0.15) is 11.5 Å². The molecular formula is C17H19NO3. The number of carboxylic acid groups (broad SMARTS) is 1. The normalized spacial score (nSPS) is 11.2. The van der Waals surface area contributed by atoms with Gasteiger partial charge in [0.2, 0.25) is 0 Å². The Morgan fingerprint density at radius 3 is 2.43 bits per heavy atom. The molecule has 1 heterocycles. The molecule has 1 N–H and O–H groups in total. The summed E-state index contributed by atoms with van der Waals surface area (Å²) in [4.78, 5) is 14.8. The van der Waals surface area contributed by atoms with Crippen LogP contribution in [-0.4, -0.2) is 16.1 Å². The number of aromatic carboxylic acids is 1. The van der Waals surface area contributed by atoms with E-state index < -0.39 is 5.97 Å². The lowest BCUT2D eigenvalue weighted by molar-refractivity contribution is 0.0696. The molecule has 1 aromatic carbocycles. The molecule has 0 aliphatic heterocycles. The van der Waals surface area contributed by atoms with E-state index in [0.717, 1.165) is 6.42 Å². The van der Waals surface area contributed by atoms with Crippen molar-refractivity contribution in [3.05, 3.63) is 53.9 Å². The van der Waals surface area contributed by atoms with E-state index in [9.17, 15) is 4.79 Å². The maximum atomic E-state index is 10.9. The van der Waals surface area contributed by atoms with Gasteiger partial charge in [-0.05, 0) is 35.6 Å². The molecule has 0 fully saturated rings. The van der Waals surface area contributed by atoms with Gasteiger partial charge in [-0.15, -0.1) is 0 Å². The standard InChI is InChI=1S/C17H19NO3/c1-4-17(2,3)13-5-7-14(8-6-13)21-15-9-12(16(19)20)10-18-11-15/h5-11H,4H2,1-3H3,(H,19,20). The zero-order valence-electron chi connectivity index (χ0n) is 12.5. The van der Waals surface area contributed by atoms with Crippen molar-refractivity contribution in [1.29, 1.82) is 0 Å². The summed E-state index contributed by atoms with van der Waals surface area (Å²) in [5.41, 5.74) is 1.48. The molecule has 0 atom stereocenters. The maximum absolute atomic E-state index is 10.9. The predicted molar refractivity (Wildman–Crippen MR) is 81.0 cm³/mol. The monoisotopic (exact) mass is 285 g/mol. The fraction of sp³-hybridized carbons (Fsp3) is 0.294. The Labute approximate surface area is 124 Å². The van der Waals surface area contributed by atoms with Gasteiger partial charge >= 0.3 is 5.97 Å². The van der Waals surface area contributed by atoms with Crippen molar-refractivity contribution in [2.75, 3.05) is 0 Å². The molecule has 4 heteroatoms. The molecule has 1 aromatic heterocycles. The van der Waals surface area contributed by atoms with Crippen LogP contribution in [0.5, 0.6) is 11.5 Å². The van der Waals surface area contributed by atoms with Crippen molar-refractivity contribution < 1.29 is 14.6 Å². The van der Waals surface area contributed by atoms with E-state index in [1.807, 2.05) is 24.3 Å². The van der Waals surface area contributed by atoms with Gasteiger partial charge in [0.15, 0.2) is 0 Å². The summed E-state index contributed by atoms with van der Waals surface area (Å²) in [5.74, 6) is 0.0559. The molecule has 0 saturated heterocycles. The lowest BCUT2D eigenvalue weighted by Crippen LogP contribution is -2.14. The molecule has 0 spiro atoms. The molecule has 21 heavy (non-hydrogen) atoms. The second kappa shape index (κ2) is 5.95. The summed E-state index contributed by atoms with van der Waals surface area (Å²) in [6.07, 6.45) is 3.84. The number of hydrogen-bond donors (Lipinski definition) is 1. The summed E-state index contributed by atoms with van der Waals surface area (Å²) in [7, 11) is 0. The Hall–Kier alpha value is -2.36. The molecule has 110 valence electrons. The maximum Gasteiger partial charge on any atom is 0.337 e. The van der Waals surface area contributed by atoms with E-state index >= 15 is 0 Å². The second-order valence-electron chi connectivity index (χ2n) is 5.58. The molecule has 0 aliphatic carbocycles. The average Bonchev–Trinajstić information content (AvgIpc) is 2.48. The highest BCUT2D eigenvalue weighted by Gasteiger charge is 2.17. The summed E-state index contributed by atoms with van der Waals surface area (Å²) in [6.45, 7) is 6.56. The number of nitrogens with zero attached hydrogens (tertiary/aromatic N) is 1. The zero-order valence-corrected chi connectivity index (χ0v) is 12.5. The van der Waals surface area contributed by atoms with Crippen molar-refractivity contribution in [2.24, 2.45) is 0 Å². The van der Waals surface area contributed by atoms with Crippen LogP contribution in [0.4, 0.5) is 0 Å². The topological polar surface area (TPSA) is 59.4 Å². The highest BCUT2D eigenvalue weighted by atomic mass is 16.5. The molecule has 0 aliphatic rings. The summed E-state index contributed by atoms with van der Waals surface area (Å²) in [5, 5.41) is 8.93. The van der Waals surface area contributed by atoms with Crippen LogP contribution in [0.1, 0.15) is 43.1 Å². The van der Waals surface area contributed by atoms with Crippen LogP contribution in [0.2, 0.25) is 0 Å². The fourth-order valence-corrected chi connectivity index (χ4v) is 1.91. The molecule has 4 nitrogen and oxygen atoms in total. The third-order valence-corrected chi connectivity index (χ3v) is 3.72. The van der Waals surface area contributed by atoms with Crippen LogP contribution in [0.25, 0.3) is 0 Å². The van der Waals surface area contributed by atoms with Gasteiger partial charge in [-0.3, -0.25) is 4.98 Å². The average molecular weight is 285 g/mol. The third kappa shape index (κ3) is 3.60. The molecule has 0 amide bonds. The highest BCUT2D eigenvalue weighted by Crippen LogP contribution is 2.29.